The molecule has 4 nitrogen and oxygen atoms in total. The van der Waals surface area contributed by atoms with Crippen molar-refractivity contribution in [1.29, 1.82) is 0 Å². The Kier molecular flexibility index (Phi) is 8.43. The summed E-state index contributed by atoms with van der Waals surface area (Å²) < 4.78 is 10.1. The highest BCUT2D eigenvalue weighted by atomic mass is 16.7. The topological polar surface area (TPSA) is 55.8 Å². The molecule has 2 atom stereocenters. The van der Waals surface area contributed by atoms with E-state index < -0.39 is 17.9 Å². The minimum atomic E-state index is -1.24. The predicted octanol–water partition coefficient (Wildman–Crippen LogP) is 3.89. The molecule has 1 heterocycles. The number of unbranched alkanes of at least 4 members (excludes halogenated alkanes) is 8. The number of esters is 1. The van der Waals surface area contributed by atoms with Crippen LogP contribution in [0.25, 0.3) is 0 Å². The quantitative estimate of drug-likeness (QED) is 0.272. The number of aliphatic hydroxyl groups excluding tert-OH is 1. The fourth-order valence-electron chi connectivity index (χ4n) is 2.62. The van der Waals surface area contributed by atoms with Crippen molar-refractivity contribution >= 4 is 5.97 Å². The zero-order valence-corrected chi connectivity index (χ0v) is 14.0. The molecule has 4 heteroatoms. The lowest BCUT2D eigenvalue weighted by atomic mass is 10.0. The number of carbonyl (C=O) groups excluding carboxylic acids is 1. The zero-order valence-electron chi connectivity index (χ0n) is 14.0. The zero-order chi connectivity index (χ0) is 16.4. The second-order valence-corrected chi connectivity index (χ2v) is 6.01. The van der Waals surface area contributed by atoms with Gasteiger partial charge in [0.1, 0.15) is 0 Å². The summed E-state index contributed by atoms with van der Waals surface area (Å²) in [6.45, 7) is 5.29. The van der Waals surface area contributed by atoms with E-state index in [9.17, 15) is 9.90 Å². The van der Waals surface area contributed by atoms with Gasteiger partial charge in [-0.05, 0) is 25.7 Å². The van der Waals surface area contributed by atoms with Crippen LogP contribution < -0.4 is 0 Å². The molecule has 0 aliphatic carbocycles. The summed E-state index contributed by atoms with van der Waals surface area (Å²) in [6.07, 6.45) is 13.1. The van der Waals surface area contributed by atoms with Crippen molar-refractivity contribution in [2.45, 2.75) is 76.6 Å². The van der Waals surface area contributed by atoms with E-state index in [4.69, 9.17) is 9.47 Å². The number of hydrogen-bond acceptors (Lipinski definition) is 4. The Hall–Kier alpha value is -1.13. The van der Waals surface area contributed by atoms with Crippen LogP contribution in [-0.4, -0.2) is 30.1 Å². The Balaban J connectivity index is 2.16. The van der Waals surface area contributed by atoms with E-state index in [-0.39, 0.29) is 0 Å². The Morgan fingerprint density at radius 3 is 2.23 bits per heavy atom. The van der Waals surface area contributed by atoms with Crippen molar-refractivity contribution in [3.05, 3.63) is 24.3 Å². The summed E-state index contributed by atoms with van der Waals surface area (Å²) in [7, 11) is 1.43. The van der Waals surface area contributed by atoms with Crippen molar-refractivity contribution < 1.29 is 19.4 Å². The van der Waals surface area contributed by atoms with E-state index in [0.29, 0.717) is 5.57 Å². The molecule has 0 spiro atoms. The molecule has 0 radical (unpaired) electrons. The SMILES string of the molecule is C=CCCCCCCCCC/C=C1/C(=O)O[C@](C)(OC)[C@@H]1O. The maximum Gasteiger partial charge on any atom is 0.339 e. The van der Waals surface area contributed by atoms with Crippen LogP contribution in [-0.2, 0) is 14.3 Å². The molecule has 1 aliphatic heterocycles. The number of methoxy groups -OCH3 is 1. The molecule has 1 aliphatic rings. The fraction of sp³-hybridized carbons (Fsp3) is 0.722. The lowest BCUT2D eigenvalue weighted by molar-refractivity contribution is -0.218. The molecular weight excluding hydrogens is 280 g/mol. The normalized spacial score (nSPS) is 26.4. The highest BCUT2D eigenvalue weighted by Crippen LogP contribution is 2.31. The van der Waals surface area contributed by atoms with E-state index in [2.05, 4.69) is 6.58 Å². The van der Waals surface area contributed by atoms with Crippen LogP contribution in [0.1, 0.15) is 64.7 Å². The summed E-state index contributed by atoms with van der Waals surface area (Å²) in [5.74, 6) is -1.71. The first-order valence-electron chi connectivity index (χ1n) is 8.32. The second-order valence-electron chi connectivity index (χ2n) is 6.01. The van der Waals surface area contributed by atoms with E-state index in [0.717, 1.165) is 25.7 Å². The van der Waals surface area contributed by atoms with Crippen molar-refractivity contribution in [3.8, 4) is 0 Å². The molecule has 0 bridgehead atoms. The van der Waals surface area contributed by atoms with Crippen LogP contribution in [0.15, 0.2) is 24.3 Å². The summed E-state index contributed by atoms with van der Waals surface area (Å²) in [4.78, 5) is 11.7. The molecule has 0 aromatic carbocycles. The number of rotatable bonds is 11. The Morgan fingerprint density at radius 2 is 1.73 bits per heavy atom. The van der Waals surface area contributed by atoms with Crippen molar-refractivity contribution in [3.63, 3.8) is 0 Å². The molecule has 126 valence electrons. The maximum atomic E-state index is 11.7. The van der Waals surface area contributed by atoms with Gasteiger partial charge < -0.3 is 14.6 Å². The molecule has 0 aromatic rings. The average molecular weight is 310 g/mol. The first kappa shape index (κ1) is 18.9. The minimum Gasteiger partial charge on any atom is -0.427 e. The second kappa shape index (κ2) is 9.80. The number of carbonyl (C=O) groups is 1. The maximum absolute atomic E-state index is 11.7. The number of aliphatic hydroxyl groups is 1. The molecule has 0 amide bonds. The van der Waals surface area contributed by atoms with Gasteiger partial charge in [0.25, 0.3) is 0 Å². The van der Waals surface area contributed by atoms with Gasteiger partial charge in [0.15, 0.2) is 6.10 Å². The van der Waals surface area contributed by atoms with Gasteiger partial charge in [0.2, 0.25) is 5.79 Å². The fourth-order valence-corrected chi connectivity index (χ4v) is 2.62. The van der Waals surface area contributed by atoms with Crippen LogP contribution >= 0.6 is 0 Å². The highest BCUT2D eigenvalue weighted by molar-refractivity contribution is 5.92. The van der Waals surface area contributed by atoms with Gasteiger partial charge in [-0.1, -0.05) is 44.3 Å². The van der Waals surface area contributed by atoms with Gasteiger partial charge in [-0.15, -0.1) is 6.58 Å². The molecule has 0 saturated carbocycles. The van der Waals surface area contributed by atoms with Crippen LogP contribution in [0, 0.1) is 0 Å². The van der Waals surface area contributed by atoms with Crippen LogP contribution in [0.4, 0.5) is 0 Å². The van der Waals surface area contributed by atoms with Crippen LogP contribution in [0.3, 0.4) is 0 Å². The van der Waals surface area contributed by atoms with Gasteiger partial charge in [-0.2, -0.15) is 0 Å². The van der Waals surface area contributed by atoms with Crippen molar-refractivity contribution in [2.24, 2.45) is 0 Å². The molecule has 0 unspecified atom stereocenters. The average Bonchev–Trinajstić information content (AvgIpc) is 2.72. The number of allylic oxidation sites excluding steroid dienone is 2. The minimum absolute atomic E-state index is 0.328. The molecule has 1 N–H and O–H groups in total. The third kappa shape index (κ3) is 5.58. The van der Waals surface area contributed by atoms with Crippen molar-refractivity contribution in [2.75, 3.05) is 7.11 Å². The number of cyclic esters (lactones) is 1. The monoisotopic (exact) mass is 310 g/mol. The smallest absolute Gasteiger partial charge is 0.339 e. The molecule has 1 saturated heterocycles. The summed E-state index contributed by atoms with van der Waals surface area (Å²) >= 11 is 0. The standard InChI is InChI=1S/C18H30O4/c1-4-5-6-7-8-9-10-11-12-13-14-15-16(19)18(2,21-3)22-17(15)20/h4,14,16,19H,1,5-13H2,2-3H3/b15-14+/t16-,18+/m1/s1. The number of hydrogen-bond donors (Lipinski definition) is 1. The van der Waals surface area contributed by atoms with Gasteiger partial charge in [-0.25, -0.2) is 4.79 Å². The molecule has 22 heavy (non-hydrogen) atoms. The Labute approximate surface area is 134 Å². The first-order chi connectivity index (χ1) is 10.5. The summed E-state index contributed by atoms with van der Waals surface area (Å²) in [6, 6.07) is 0. The predicted molar refractivity (Wildman–Crippen MR) is 87.3 cm³/mol. The molecule has 1 rings (SSSR count). The van der Waals surface area contributed by atoms with Crippen molar-refractivity contribution in [1.82, 2.24) is 0 Å². The Bertz CT molecular complexity index is 389. The lowest BCUT2D eigenvalue weighted by Gasteiger charge is -2.23. The number of ether oxygens (including phenoxy) is 2. The third-order valence-corrected chi connectivity index (χ3v) is 4.20. The van der Waals surface area contributed by atoms with Crippen LogP contribution in [0.2, 0.25) is 0 Å². The summed E-state index contributed by atoms with van der Waals surface area (Å²) in [5.41, 5.74) is 0.328. The molecule has 0 aromatic heterocycles. The van der Waals surface area contributed by atoms with Gasteiger partial charge in [0.05, 0.1) is 5.57 Å². The van der Waals surface area contributed by atoms with Crippen LogP contribution in [0.5, 0.6) is 0 Å². The Morgan fingerprint density at radius 1 is 1.18 bits per heavy atom. The van der Waals surface area contributed by atoms with Gasteiger partial charge in [0, 0.05) is 14.0 Å². The van der Waals surface area contributed by atoms with Gasteiger partial charge in [-0.3, -0.25) is 0 Å². The van der Waals surface area contributed by atoms with E-state index in [1.807, 2.05) is 6.08 Å². The first-order valence-corrected chi connectivity index (χ1v) is 8.32. The summed E-state index contributed by atoms with van der Waals surface area (Å²) in [5, 5.41) is 10.1. The molecule has 1 fully saturated rings. The highest BCUT2D eigenvalue weighted by Gasteiger charge is 2.48. The van der Waals surface area contributed by atoms with E-state index in [1.54, 1.807) is 13.0 Å². The lowest BCUT2D eigenvalue weighted by Crippen LogP contribution is -2.38. The third-order valence-electron chi connectivity index (χ3n) is 4.20. The molecular formula is C18H30O4. The largest absolute Gasteiger partial charge is 0.427 e. The van der Waals surface area contributed by atoms with Gasteiger partial charge >= 0.3 is 5.97 Å². The van der Waals surface area contributed by atoms with E-state index >= 15 is 0 Å². The van der Waals surface area contributed by atoms with E-state index in [1.165, 1.54) is 39.2 Å².